The molecule has 4 rings (SSSR count). The van der Waals surface area contributed by atoms with Crippen LogP contribution in [0.15, 0.2) is 47.5 Å². The van der Waals surface area contributed by atoms with Crippen molar-refractivity contribution in [3.63, 3.8) is 0 Å². The number of carboxylic acids is 1. The minimum Gasteiger partial charge on any atom is -0.481 e. The Morgan fingerprint density at radius 2 is 1.89 bits per heavy atom. The molecule has 37 heavy (non-hydrogen) atoms. The summed E-state index contributed by atoms with van der Waals surface area (Å²) in [5.74, 6) is -1.66. The van der Waals surface area contributed by atoms with Crippen molar-refractivity contribution < 1.29 is 23.9 Å². The van der Waals surface area contributed by atoms with Gasteiger partial charge in [0, 0.05) is 22.7 Å². The van der Waals surface area contributed by atoms with Gasteiger partial charge in [0.1, 0.15) is 17.2 Å². The number of benzene rings is 2. The molecule has 7 nitrogen and oxygen atoms in total. The zero-order valence-corrected chi connectivity index (χ0v) is 21.7. The van der Waals surface area contributed by atoms with Crippen molar-refractivity contribution in [2.45, 2.75) is 64.1 Å². The number of nitrogens with zero attached hydrogens (tertiary/aromatic N) is 2. The zero-order chi connectivity index (χ0) is 26.7. The molecule has 1 heterocycles. The molecule has 1 atom stereocenters. The van der Waals surface area contributed by atoms with Gasteiger partial charge in [-0.25, -0.2) is 4.39 Å². The Morgan fingerprint density at radius 3 is 2.51 bits per heavy atom. The molecule has 1 saturated carbocycles. The highest BCUT2D eigenvalue weighted by Gasteiger charge is 2.51. The van der Waals surface area contributed by atoms with Gasteiger partial charge in [0.15, 0.2) is 0 Å². The lowest BCUT2D eigenvalue weighted by Crippen LogP contribution is -2.50. The third kappa shape index (κ3) is 5.54. The predicted octanol–water partition coefficient (Wildman–Crippen LogP) is 5.37. The number of carboxylic acid groups (broad SMARTS) is 1. The molecule has 2 N–H and O–H groups in total. The van der Waals surface area contributed by atoms with E-state index in [2.05, 4.69) is 12.2 Å². The molecule has 1 fully saturated rings. The van der Waals surface area contributed by atoms with E-state index in [-0.39, 0.29) is 42.1 Å². The highest BCUT2D eigenvalue weighted by molar-refractivity contribution is 6.47. The van der Waals surface area contributed by atoms with Crippen LogP contribution in [0.5, 0.6) is 0 Å². The van der Waals surface area contributed by atoms with Gasteiger partial charge in [0.05, 0.1) is 12.5 Å². The first kappa shape index (κ1) is 26.8. The van der Waals surface area contributed by atoms with Gasteiger partial charge in [-0.05, 0) is 74.4 Å². The molecule has 2 aromatic carbocycles. The predicted molar refractivity (Wildman–Crippen MR) is 139 cm³/mol. The van der Waals surface area contributed by atoms with E-state index in [9.17, 15) is 18.8 Å². The molecule has 2 amide bonds. The van der Waals surface area contributed by atoms with Crippen molar-refractivity contribution in [3.05, 3.63) is 70.0 Å². The number of hydrogen-bond acceptors (Lipinski definition) is 4. The second-order valence-corrected chi connectivity index (χ2v) is 10.2. The minimum absolute atomic E-state index is 0.0378. The van der Waals surface area contributed by atoms with Crippen LogP contribution in [0.4, 0.5) is 4.39 Å². The fourth-order valence-corrected chi connectivity index (χ4v) is 5.52. The molecular formula is C28H31ClFN3O4. The van der Waals surface area contributed by atoms with Crippen LogP contribution in [0.1, 0.15) is 79.9 Å². The highest BCUT2D eigenvalue weighted by Crippen LogP contribution is 2.46. The monoisotopic (exact) mass is 527 g/mol. The Hall–Kier alpha value is -3.26. The van der Waals surface area contributed by atoms with E-state index < -0.39 is 17.4 Å². The lowest BCUT2D eigenvalue weighted by atomic mass is 9.79. The maximum Gasteiger partial charge on any atom is 0.305 e. The number of nitrogens with one attached hydrogen (secondary N) is 1. The van der Waals surface area contributed by atoms with Crippen molar-refractivity contribution in [2.75, 3.05) is 6.54 Å². The average Bonchev–Trinajstić information content (AvgIpc) is 3.16. The Morgan fingerprint density at radius 1 is 1.22 bits per heavy atom. The number of carbonyl (C=O) groups excluding carboxylic acids is 2. The first-order valence-electron chi connectivity index (χ1n) is 12.6. The standard InChI is InChI=1S/C28H31ClFN3O4/c1-3-18-10-13-28(14-11-18)32-25(22-16-21(29)8-9-23(22)30)27(37)33(28)17(2)19-4-6-20(7-5-19)26(36)31-15-12-24(34)35/h4-9,16-18H,3,10-15H2,1-2H3,(H,31,36)(H,34,35). The van der Waals surface area contributed by atoms with E-state index in [4.69, 9.17) is 21.7 Å². The van der Waals surface area contributed by atoms with Crippen molar-refractivity contribution in [1.82, 2.24) is 10.2 Å². The van der Waals surface area contributed by atoms with Crippen LogP contribution < -0.4 is 5.32 Å². The molecule has 196 valence electrons. The zero-order valence-electron chi connectivity index (χ0n) is 21.0. The number of aliphatic imine (C=N–C) groups is 1. The molecular weight excluding hydrogens is 497 g/mol. The number of aliphatic carboxylic acids is 1. The second-order valence-electron chi connectivity index (χ2n) is 9.79. The minimum atomic E-state index is -0.985. The third-order valence-corrected chi connectivity index (χ3v) is 7.76. The summed E-state index contributed by atoms with van der Waals surface area (Å²) in [6.45, 7) is 4.12. The lowest BCUT2D eigenvalue weighted by Gasteiger charge is -2.44. The molecule has 1 aliphatic heterocycles. The van der Waals surface area contributed by atoms with E-state index in [1.165, 1.54) is 18.2 Å². The van der Waals surface area contributed by atoms with Gasteiger partial charge in [-0.3, -0.25) is 19.4 Å². The summed E-state index contributed by atoms with van der Waals surface area (Å²) in [6, 6.07) is 10.6. The number of amides is 2. The van der Waals surface area contributed by atoms with Crippen LogP contribution in [0.3, 0.4) is 0 Å². The van der Waals surface area contributed by atoms with Gasteiger partial charge in [-0.2, -0.15) is 0 Å². The topological polar surface area (TPSA) is 99.1 Å². The Balaban J connectivity index is 1.62. The van der Waals surface area contributed by atoms with Crippen molar-refractivity contribution in [3.8, 4) is 0 Å². The summed E-state index contributed by atoms with van der Waals surface area (Å²) >= 11 is 6.13. The van der Waals surface area contributed by atoms with E-state index in [1.54, 1.807) is 29.2 Å². The molecule has 1 spiro atoms. The molecule has 0 saturated heterocycles. The van der Waals surface area contributed by atoms with Crippen LogP contribution in [0.25, 0.3) is 0 Å². The first-order valence-corrected chi connectivity index (χ1v) is 13.0. The molecule has 9 heteroatoms. The van der Waals surface area contributed by atoms with Gasteiger partial charge >= 0.3 is 5.97 Å². The van der Waals surface area contributed by atoms with Gasteiger partial charge in [0.25, 0.3) is 11.8 Å². The van der Waals surface area contributed by atoms with Gasteiger partial charge in [0.2, 0.25) is 0 Å². The first-order chi connectivity index (χ1) is 17.6. The number of carbonyl (C=O) groups is 3. The SMILES string of the molecule is CCC1CCC2(CC1)N=C(c1cc(Cl)ccc1F)C(=O)N2C(C)c1ccc(C(=O)NCCC(=O)O)cc1. The Kier molecular flexibility index (Phi) is 7.97. The quantitative estimate of drug-likeness (QED) is 0.482. The highest BCUT2D eigenvalue weighted by atomic mass is 35.5. The number of halogens is 2. The van der Waals surface area contributed by atoms with Gasteiger partial charge in [-0.15, -0.1) is 0 Å². The fourth-order valence-electron chi connectivity index (χ4n) is 5.35. The van der Waals surface area contributed by atoms with Crippen LogP contribution in [-0.4, -0.2) is 45.7 Å². The molecule has 0 radical (unpaired) electrons. The number of hydrogen-bond donors (Lipinski definition) is 2. The largest absolute Gasteiger partial charge is 0.481 e. The van der Waals surface area contributed by atoms with Crippen molar-refractivity contribution >= 4 is 35.1 Å². The van der Waals surface area contributed by atoms with E-state index >= 15 is 0 Å². The average molecular weight is 528 g/mol. The Labute approximate surface area is 220 Å². The van der Waals surface area contributed by atoms with E-state index in [0.717, 1.165) is 24.8 Å². The molecule has 0 bridgehead atoms. The van der Waals surface area contributed by atoms with E-state index in [0.29, 0.717) is 29.3 Å². The molecule has 1 unspecified atom stereocenters. The van der Waals surface area contributed by atoms with Gasteiger partial charge in [-0.1, -0.05) is 37.1 Å². The lowest BCUT2D eigenvalue weighted by molar-refractivity contribution is -0.137. The molecule has 2 aliphatic rings. The summed E-state index contributed by atoms with van der Waals surface area (Å²) in [7, 11) is 0. The van der Waals surface area contributed by atoms with Crippen molar-refractivity contribution in [1.29, 1.82) is 0 Å². The van der Waals surface area contributed by atoms with Gasteiger partial charge < -0.3 is 15.3 Å². The van der Waals surface area contributed by atoms with Crippen LogP contribution >= 0.6 is 11.6 Å². The summed E-state index contributed by atoms with van der Waals surface area (Å²) in [4.78, 5) is 43.5. The fraction of sp³-hybridized carbons (Fsp3) is 0.429. The maximum absolute atomic E-state index is 14.8. The maximum atomic E-state index is 14.8. The molecule has 2 aromatic rings. The van der Waals surface area contributed by atoms with Crippen LogP contribution in [0.2, 0.25) is 5.02 Å². The van der Waals surface area contributed by atoms with Crippen LogP contribution in [-0.2, 0) is 9.59 Å². The Bertz CT molecular complexity index is 1220. The third-order valence-electron chi connectivity index (χ3n) is 7.52. The summed E-state index contributed by atoms with van der Waals surface area (Å²) in [6.07, 6.45) is 4.15. The smallest absolute Gasteiger partial charge is 0.305 e. The van der Waals surface area contributed by atoms with Crippen LogP contribution in [0, 0.1) is 11.7 Å². The normalized spacial score (nSPS) is 22.2. The molecule has 1 aliphatic carbocycles. The second kappa shape index (κ2) is 11.0. The summed E-state index contributed by atoms with van der Waals surface area (Å²) < 4.78 is 14.8. The summed E-state index contributed by atoms with van der Waals surface area (Å²) in [5, 5.41) is 11.7. The molecule has 0 aromatic heterocycles. The van der Waals surface area contributed by atoms with Crippen molar-refractivity contribution in [2.24, 2.45) is 10.9 Å². The van der Waals surface area contributed by atoms with E-state index in [1.807, 2.05) is 6.92 Å². The summed E-state index contributed by atoms with van der Waals surface area (Å²) in [5.41, 5.74) is 0.647. The number of rotatable bonds is 8.